The van der Waals surface area contributed by atoms with Crippen LogP contribution in [0.4, 0.5) is 4.39 Å². The summed E-state index contributed by atoms with van der Waals surface area (Å²) in [4.78, 5) is 11.9. The summed E-state index contributed by atoms with van der Waals surface area (Å²) in [5.74, 6) is -0.622. The minimum atomic E-state index is -0.361. The summed E-state index contributed by atoms with van der Waals surface area (Å²) in [5, 5.41) is 6.01. The number of aryl methyl sites for hydroxylation is 1. The van der Waals surface area contributed by atoms with Crippen molar-refractivity contribution in [3.05, 3.63) is 69.4 Å². The minimum absolute atomic E-state index is 0.261. The van der Waals surface area contributed by atoms with E-state index in [0.717, 1.165) is 11.0 Å². The topological polar surface area (TPSA) is 41.1 Å². The van der Waals surface area contributed by atoms with Crippen LogP contribution >= 0.6 is 15.9 Å². The van der Waals surface area contributed by atoms with Crippen LogP contribution in [-0.4, -0.2) is 19.0 Å². The summed E-state index contributed by atoms with van der Waals surface area (Å²) in [6.45, 7) is 3.53. The molecule has 2 rings (SSSR count). The van der Waals surface area contributed by atoms with Gasteiger partial charge in [-0.1, -0.05) is 34.1 Å². The molecule has 0 aromatic heterocycles. The van der Waals surface area contributed by atoms with Gasteiger partial charge in [-0.2, -0.15) is 0 Å². The van der Waals surface area contributed by atoms with Gasteiger partial charge in [-0.3, -0.25) is 4.79 Å². The first-order chi connectivity index (χ1) is 10.6. The fourth-order valence-corrected chi connectivity index (χ4v) is 2.43. The maximum atomic E-state index is 13.4. The number of benzene rings is 2. The number of hydrogen-bond acceptors (Lipinski definition) is 2. The molecule has 2 N–H and O–H groups in total. The molecule has 0 saturated carbocycles. The second-order valence-electron chi connectivity index (χ2n) is 5.03. The fourth-order valence-electron chi connectivity index (χ4n) is 1.98. The van der Waals surface area contributed by atoms with Gasteiger partial charge in [0.1, 0.15) is 5.82 Å². The second-order valence-corrected chi connectivity index (χ2v) is 5.94. The van der Waals surface area contributed by atoms with E-state index in [0.29, 0.717) is 24.2 Å². The summed E-state index contributed by atoms with van der Waals surface area (Å²) in [7, 11) is 0. The van der Waals surface area contributed by atoms with Gasteiger partial charge in [-0.15, -0.1) is 0 Å². The summed E-state index contributed by atoms with van der Waals surface area (Å²) in [5.41, 5.74) is 2.05. The van der Waals surface area contributed by atoms with Gasteiger partial charge in [0.25, 0.3) is 5.91 Å². The predicted molar refractivity (Wildman–Crippen MR) is 89.3 cm³/mol. The molecule has 116 valence electrons. The van der Waals surface area contributed by atoms with Gasteiger partial charge in [0.2, 0.25) is 0 Å². The molecule has 5 heteroatoms. The van der Waals surface area contributed by atoms with Crippen LogP contribution in [0.1, 0.15) is 21.5 Å². The van der Waals surface area contributed by atoms with E-state index >= 15 is 0 Å². The molecule has 0 atom stereocenters. The van der Waals surface area contributed by atoms with Crippen molar-refractivity contribution < 1.29 is 9.18 Å². The SMILES string of the molecule is Cc1ccc(C(=O)NCCNCc2cccc(Br)c2)cc1F. The molecule has 0 bridgehead atoms. The van der Waals surface area contributed by atoms with E-state index in [1.807, 2.05) is 24.3 Å². The van der Waals surface area contributed by atoms with Gasteiger partial charge < -0.3 is 10.6 Å². The number of rotatable bonds is 6. The van der Waals surface area contributed by atoms with Crippen molar-refractivity contribution in [1.82, 2.24) is 10.6 Å². The van der Waals surface area contributed by atoms with Crippen LogP contribution in [0.5, 0.6) is 0 Å². The smallest absolute Gasteiger partial charge is 0.251 e. The Labute approximate surface area is 138 Å². The molecule has 0 unspecified atom stereocenters. The van der Waals surface area contributed by atoms with Crippen molar-refractivity contribution in [2.24, 2.45) is 0 Å². The summed E-state index contributed by atoms with van der Waals surface area (Å²) in [6, 6.07) is 12.5. The largest absolute Gasteiger partial charge is 0.351 e. The Hall–Kier alpha value is -1.72. The molecule has 0 saturated heterocycles. The molecule has 0 heterocycles. The number of halogens is 2. The van der Waals surface area contributed by atoms with E-state index in [4.69, 9.17) is 0 Å². The summed E-state index contributed by atoms with van der Waals surface area (Å²) in [6.07, 6.45) is 0. The zero-order valence-corrected chi connectivity index (χ0v) is 13.9. The number of carbonyl (C=O) groups is 1. The van der Waals surface area contributed by atoms with E-state index in [1.165, 1.54) is 11.6 Å². The van der Waals surface area contributed by atoms with Crippen molar-refractivity contribution in [3.63, 3.8) is 0 Å². The first-order valence-electron chi connectivity index (χ1n) is 7.06. The zero-order valence-electron chi connectivity index (χ0n) is 12.3. The summed E-state index contributed by atoms with van der Waals surface area (Å²) < 4.78 is 14.4. The third kappa shape index (κ3) is 4.93. The van der Waals surface area contributed by atoms with Gasteiger partial charge in [0, 0.05) is 29.7 Å². The molecular formula is C17H18BrFN2O. The highest BCUT2D eigenvalue weighted by atomic mass is 79.9. The predicted octanol–water partition coefficient (Wildman–Crippen LogP) is 3.42. The van der Waals surface area contributed by atoms with Crippen molar-refractivity contribution >= 4 is 21.8 Å². The van der Waals surface area contributed by atoms with Gasteiger partial charge in [-0.25, -0.2) is 4.39 Å². The van der Waals surface area contributed by atoms with E-state index < -0.39 is 0 Å². The number of amides is 1. The van der Waals surface area contributed by atoms with Crippen LogP contribution in [0.3, 0.4) is 0 Å². The van der Waals surface area contributed by atoms with E-state index in [-0.39, 0.29) is 11.7 Å². The lowest BCUT2D eigenvalue weighted by molar-refractivity contribution is 0.0953. The molecule has 0 aliphatic carbocycles. The van der Waals surface area contributed by atoms with E-state index in [9.17, 15) is 9.18 Å². The average Bonchev–Trinajstić information content (AvgIpc) is 2.49. The standard InChI is InChI=1S/C17H18BrFN2O/c1-12-5-6-14(10-16(12)19)17(22)21-8-7-20-11-13-3-2-4-15(18)9-13/h2-6,9-10,20H,7-8,11H2,1H3,(H,21,22). The van der Waals surface area contributed by atoms with Crippen LogP contribution in [0.15, 0.2) is 46.9 Å². The molecule has 0 aliphatic heterocycles. The molecule has 0 spiro atoms. The highest BCUT2D eigenvalue weighted by molar-refractivity contribution is 9.10. The van der Waals surface area contributed by atoms with E-state index in [2.05, 4.69) is 26.6 Å². The van der Waals surface area contributed by atoms with Gasteiger partial charge in [-0.05, 0) is 42.3 Å². The maximum absolute atomic E-state index is 13.4. The molecule has 22 heavy (non-hydrogen) atoms. The molecule has 0 radical (unpaired) electrons. The molecule has 2 aromatic rings. The quantitative estimate of drug-likeness (QED) is 0.771. The van der Waals surface area contributed by atoms with E-state index in [1.54, 1.807) is 19.1 Å². The lowest BCUT2D eigenvalue weighted by Crippen LogP contribution is -2.31. The monoisotopic (exact) mass is 364 g/mol. The molecule has 1 amide bonds. The summed E-state index contributed by atoms with van der Waals surface area (Å²) >= 11 is 3.43. The third-order valence-electron chi connectivity index (χ3n) is 3.24. The van der Waals surface area contributed by atoms with Crippen LogP contribution in [0.2, 0.25) is 0 Å². The van der Waals surface area contributed by atoms with Crippen LogP contribution in [-0.2, 0) is 6.54 Å². The Kier molecular flexibility index (Phi) is 6.10. The lowest BCUT2D eigenvalue weighted by Gasteiger charge is -2.08. The Morgan fingerprint density at radius 3 is 2.73 bits per heavy atom. The first kappa shape index (κ1) is 16.6. The first-order valence-corrected chi connectivity index (χ1v) is 7.85. The molecule has 2 aromatic carbocycles. The second kappa shape index (κ2) is 8.06. The normalized spacial score (nSPS) is 10.5. The molecular weight excluding hydrogens is 347 g/mol. The Morgan fingerprint density at radius 1 is 1.18 bits per heavy atom. The Balaban J connectivity index is 1.72. The van der Waals surface area contributed by atoms with Crippen molar-refractivity contribution in [3.8, 4) is 0 Å². The van der Waals surface area contributed by atoms with Crippen molar-refractivity contribution in [1.29, 1.82) is 0 Å². The number of carbonyl (C=O) groups excluding carboxylic acids is 1. The molecule has 3 nitrogen and oxygen atoms in total. The van der Waals surface area contributed by atoms with Gasteiger partial charge in [0.15, 0.2) is 0 Å². The van der Waals surface area contributed by atoms with Crippen LogP contribution < -0.4 is 10.6 Å². The van der Waals surface area contributed by atoms with Gasteiger partial charge in [0.05, 0.1) is 0 Å². The fraction of sp³-hybridized carbons (Fsp3) is 0.235. The van der Waals surface area contributed by atoms with Crippen molar-refractivity contribution in [2.75, 3.05) is 13.1 Å². The molecule has 0 aliphatic rings. The Bertz CT molecular complexity index is 661. The Morgan fingerprint density at radius 2 is 2.00 bits per heavy atom. The van der Waals surface area contributed by atoms with Crippen molar-refractivity contribution in [2.45, 2.75) is 13.5 Å². The lowest BCUT2D eigenvalue weighted by atomic mass is 10.1. The highest BCUT2D eigenvalue weighted by Gasteiger charge is 2.07. The molecule has 0 fully saturated rings. The third-order valence-corrected chi connectivity index (χ3v) is 3.73. The zero-order chi connectivity index (χ0) is 15.9. The highest BCUT2D eigenvalue weighted by Crippen LogP contribution is 2.11. The number of nitrogens with one attached hydrogen (secondary N) is 2. The van der Waals surface area contributed by atoms with Crippen LogP contribution in [0, 0.1) is 12.7 Å². The number of hydrogen-bond donors (Lipinski definition) is 2. The van der Waals surface area contributed by atoms with Gasteiger partial charge >= 0.3 is 0 Å². The minimum Gasteiger partial charge on any atom is -0.351 e. The average molecular weight is 365 g/mol. The van der Waals surface area contributed by atoms with Crippen LogP contribution in [0.25, 0.3) is 0 Å². The maximum Gasteiger partial charge on any atom is 0.251 e.